The summed E-state index contributed by atoms with van der Waals surface area (Å²) in [6.07, 6.45) is 12.0. The number of H-pyrrole nitrogens is 1. The standard InChI is InChI=1S/C41H51N7O3/c1-25(2)48-34-7-5-6-32(39(50)43-24-33-26(3)16-27(4)44-40(33)51)37(34)38(45-48)31-8-9-35(42-23-31)46-12-14-47(15-13-46)36(49)10-11-41-20-28-17-29(21-41)19-30(18-28)22-41/h5-9,16,23,25,28-30H,10-15,17-22,24H2,1-4H3,(H,43,50)(H,44,51). The number of rotatable bonds is 9. The molecule has 4 aliphatic carbocycles. The Balaban J connectivity index is 0.945. The number of fused-ring (bicyclic) bond motifs is 1. The number of aromatic amines is 1. The van der Waals surface area contributed by atoms with Crippen LogP contribution in [0, 0.1) is 37.0 Å². The number of pyridine rings is 2. The monoisotopic (exact) mass is 689 g/mol. The average Bonchev–Trinajstić information content (AvgIpc) is 3.50. The van der Waals surface area contributed by atoms with Gasteiger partial charge in [-0.3, -0.25) is 19.1 Å². The van der Waals surface area contributed by atoms with Gasteiger partial charge in [0.15, 0.2) is 0 Å². The van der Waals surface area contributed by atoms with Crippen molar-refractivity contribution in [2.75, 3.05) is 31.1 Å². The first-order valence-electron chi connectivity index (χ1n) is 19.0. The van der Waals surface area contributed by atoms with Crippen LogP contribution in [0.25, 0.3) is 22.2 Å². The molecule has 0 atom stereocenters. The molecular formula is C41H51N7O3. The molecule has 1 aromatic carbocycles. The lowest BCUT2D eigenvalue weighted by Crippen LogP contribution is -2.50. The summed E-state index contributed by atoms with van der Waals surface area (Å²) in [5.74, 6) is 3.70. The van der Waals surface area contributed by atoms with Gasteiger partial charge in [0, 0.05) is 73.6 Å². The van der Waals surface area contributed by atoms with Crippen molar-refractivity contribution in [1.82, 2.24) is 30.0 Å². The van der Waals surface area contributed by atoms with Crippen LogP contribution in [0.3, 0.4) is 0 Å². The van der Waals surface area contributed by atoms with E-state index in [4.69, 9.17) is 10.1 Å². The van der Waals surface area contributed by atoms with Crippen LogP contribution in [-0.2, 0) is 11.3 Å². The Hall–Kier alpha value is -4.47. The van der Waals surface area contributed by atoms with Gasteiger partial charge in [0.05, 0.1) is 11.1 Å². The number of amides is 2. The normalized spacial score (nSPS) is 24.1. The first-order valence-corrected chi connectivity index (χ1v) is 19.0. The van der Waals surface area contributed by atoms with Gasteiger partial charge in [-0.1, -0.05) is 6.07 Å². The van der Waals surface area contributed by atoms with E-state index < -0.39 is 0 Å². The largest absolute Gasteiger partial charge is 0.353 e. The zero-order valence-electron chi connectivity index (χ0n) is 30.5. The molecular weight excluding hydrogens is 638 g/mol. The van der Waals surface area contributed by atoms with E-state index in [2.05, 4.69) is 33.9 Å². The zero-order valence-corrected chi connectivity index (χ0v) is 30.5. The number of benzene rings is 1. The van der Waals surface area contributed by atoms with Gasteiger partial charge < -0.3 is 20.1 Å². The van der Waals surface area contributed by atoms with E-state index >= 15 is 0 Å². The van der Waals surface area contributed by atoms with E-state index in [9.17, 15) is 14.4 Å². The number of hydrogen-bond acceptors (Lipinski definition) is 6. The van der Waals surface area contributed by atoms with E-state index in [1.165, 1.54) is 38.5 Å². The minimum atomic E-state index is -0.264. The summed E-state index contributed by atoms with van der Waals surface area (Å²) in [6.45, 7) is 11.0. The van der Waals surface area contributed by atoms with Gasteiger partial charge in [-0.2, -0.15) is 5.10 Å². The van der Waals surface area contributed by atoms with Crippen molar-refractivity contribution in [3.63, 3.8) is 0 Å². The predicted octanol–water partition coefficient (Wildman–Crippen LogP) is 6.56. The van der Waals surface area contributed by atoms with Crippen LogP contribution in [0.2, 0.25) is 0 Å². The lowest BCUT2D eigenvalue weighted by molar-refractivity contribution is -0.133. The van der Waals surface area contributed by atoms with Gasteiger partial charge in [0.2, 0.25) is 5.91 Å². The number of aryl methyl sites for hydroxylation is 2. The molecule has 1 aliphatic heterocycles. The molecule has 2 amide bonds. The molecule has 10 heteroatoms. The molecule has 4 aromatic rings. The summed E-state index contributed by atoms with van der Waals surface area (Å²) >= 11 is 0. The van der Waals surface area contributed by atoms with Crippen LogP contribution in [0.4, 0.5) is 5.82 Å². The molecule has 9 rings (SSSR count). The van der Waals surface area contributed by atoms with Gasteiger partial charge in [-0.15, -0.1) is 0 Å². The van der Waals surface area contributed by atoms with E-state index in [0.29, 0.717) is 34.6 Å². The van der Waals surface area contributed by atoms with Gasteiger partial charge >= 0.3 is 0 Å². The van der Waals surface area contributed by atoms with Crippen LogP contribution in [0.1, 0.15) is 98.4 Å². The highest BCUT2D eigenvalue weighted by Crippen LogP contribution is 2.61. The van der Waals surface area contributed by atoms with Gasteiger partial charge in [0.1, 0.15) is 11.5 Å². The Labute approximate surface area is 300 Å². The van der Waals surface area contributed by atoms with Crippen LogP contribution >= 0.6 is 0 Å². The Morgan fingerprint density at radius 2 is 1.69 bits per heavy atom. The number of carbonyl (C=O) groups excluding carboxylic acids is 2. The Morgan fingerprint density at radius 3 is 2.31 bits per heavy atom. The second-order valence-corrected chi connectivity index (χ2v) is 16.4. The maximum absolute atomic E-state index is 13.7. The number of carbonyl (C=O) groups is 2. The zero-order chi connectivity index (χ0) is 35.4. The summed E-state index contributed by atoms with van der Waals surface area (Å²) in [4.78, 5) is 51.7. The van der Waals surface area contributed by atoms with Crippen LogP contribution in [0.5, 0.6) is 0 Å². The quantitative estimate of drug-likeness (QED) is 0.206. The first-order chi connectivity index (χ1) is 24.6. The minimum absolute atomic E-state index is 0.0760. The minimum Gasteiger partial charge on any atom is -0.353 e. The maximum Gasteiger partial charge on any atom is 0.253 e. The highest BCUT2D eigenvalue weighted by Gasteiger charge is 2.50. The van der Waals surface area contributed by atoms with Gasteiger partial charge in [0.25, 0.3) is 11.5 Å². The predicted molar refractivity (Wildman–Crippen MR) is 200 cm³/mol. The highest BCUT2D eigenvalue weighted by atomic mass is 16.2. The molecule has 0 radical (unpaired) electrons. The molecule has 0 spiro atoms. The van der Waals surface area contributed by atoms with Crippen LogP contribution in [0.15, 0.2) is 47.4 Å². The van der Waals surface area contributed by atoms with E-state index in [0.717, 1.165) is 83.9 Å². The van der Waals surface area contributed by atoms with Crippen molar-refractivity contribution in [3.05, 3.63) is 75.3 Å². The third-order valence-corrected chi connectivity index (χ3v) is 12.4. The SMILES string of the molecule is Cc1cc(C)c(CNC(=O)c2cccc3c2c(-c2ccc(N4CCN(C(=O)CCC56CC7CC(CC(C7)C5)C6)CC4)nc2)nn3C(C)C)c(=O)[nH]1. The second-order valence-electron chi connectivity index (χ2n) is 16.4. The molecule has 4 bridgehead atoms. The molecule has 2 N–H and O–H groups in total. The maximum atomic E-state index is 13.7. The van der Waals surface area contributed by atoms with Crippen molar-refractivity contribution < 1.29 is 9.59 Å². The molecule has 1 saturated heterocycles. The highest BCUT2D eigenvalue weighted by molar-refractivity contribution is 6.11. The Kier molecular flexibility index (Phi) is 8.75. The summed E-state index contributed by atoms with van der Waals surface area (Å²) in [6, 6.07) is 11.7. The Bertz CT molecular complexity index is 1980. The number of anilines is 1. The number of hydrogen-bond donors (Lipinski definition) is 2. The summed E-state index contributed by atoms with van der Waals surface area (Å²) in [5, 5.41) is 8.73. The topological polar surface area (TPSA) is 116 Å². The fourth-order valence-electron chi connectivity index (χ4n) is 10.4. The molecule has 51 heavy (non-hydrogen) atoms. The molecule has 0 unspecified atom stereocenters. The first kappa shape index (κ1) is 33.7. The number of nitrogens with zero attached hydrogens (tertiary/aromatic N) is 5. The Morgan fingerprint density at radius 1 is 0.980 bits per heavy atom. The van der Waals surface area contributed by atoms with Crippen molar-refractivity contribution in [1.29, 1.82) is 0 Å². The van der Waals surface area contributed by atoms with Crippen molar-refractivity contribution in [2.24, 2.45) is 23.2 Å². The summed E-state index contributed by atoms with van der Waals surface area (Å²) in [5.41, 5.74) is 5.32. The van der Waals surface area contributed by atoms with Gasteiger partial charge in [-0.25, -0.2) is 4.98 Å². The number of nitrogens with one attached hydrogen (secondary N) is 2. The molecule has 10 nitrogen and oxygen atoms in total. The third-order valence-electron chi connectivity index (χ3n) is 12.4. The van der Waals surface area contributed by atoms with Crippen molar-refractivity contribution in [3.8, 4) is 11.3 Å². The summed E-state index contributed by atoms with van der Waals surface area (Å²) in [7, 11) is 0. The fourth-order valence-corrected chi connectivity index (χ4v) is 10.4. The molecule has 4 saturated carbocycles. The average molecular weight is 690 g/mol. The van der Waals surface area contributed by atoms with Gasteiger partial charge in [-0.05, 0) is 132 Å². The fraction of sp³-hybridized carbons (Fsp3) is 0.537. The van der Waals surface area contributed by atoms with Crippen molar-refractivity contribution in [2.45, 2.75) is 91.6 Å². The lowest BCUT2D eigenvalue weighted by atomic mass is 9.48. The van der Waals surface area contributed by atoms with Crippen LogP contribution < -0.4 is 15.8 Å². The molecule has 5 aliphatic rings. The summed E-state index contributed by atoms with van der Waals surface area (Å²) < 4.78 is 1.95. The smallest absolute Gasteiger partial charge is 0.253 e. The van der Waals surface area contributed by atoms with Crippen LogP contribution in [-0.4, -0.2) is 62.6 Å². The molecule has 268 valence electrons. The van der Waals surface area contributed by atoms with E-state index in [-0.39, 0.29) is 24.1 Å². The van der Waals surface area contributed by atoms with E-state index in [1.54, 1.807) is 0 Å². The third kappa shape index (κ3) is 6.46. The molecule has 5 fully saturated rings. The van der Waals surface area contributed by atoms with Crippen molar-refractivity contribution >= 4 is 28.5 Å². The lowest BCUT2D eigenvalue weighted by Gasteiger charge is -2.57. The molecule has 4 heterocycles. The van der Waals surface area contributed by atoms with E-state index in [1.807, 2.05) is 61.1 Å². The number of piperazine rings is 1. The number of aromatic nitrogens is 4. The second kappa shape index (κ2) is 13.3. The molecule has 3 aromatic heterocycles.